The lowest BCUT2D eigenvalue weighted by molar-refractivity contribution is 0.0713. The largest absolute Gasteiger partial charge is 0.339 e. The van der Waals surface area contributed by atoms with Gasteiger partial charge in [-0.3, -0.25) is 9.78 Å². The Morgan fingerprint density at radius 3 is 2.58 bits per heavy atom. The summed E-state index contributed by atoms with van der Waals surface area (Å²) in [4.78, 5) is 18.2. The molecule has 0 aliphatic carbocycles. The molecule has 0 saturated carbocycles. The smallest absolute Gasteiger partial charge is 0.253 e. The first-order valence-corrected chi connectivity index (χ1v) is 7.50. The molecule has 0 N–H and O–H groups in total. The normalized spacial score (nSPS) is 16.5. The number of thiophene rings is 1. The molecule has 3 heterocycles. The van der Waals surface area contributed by atoms with Crippen LogP contribution >= 0.6 is 11.3 Å². The van der Waals surface area contributed by atoms with E-state index >= 15 is 0 Å². The molecule has 0 radical (unpaired) electrons. The maximum absolute atomic E-state index is 12.3. The predicted molar refractivity (Wildman–Crippen MR) is 76.4 cm³/mol. The van der Waals surface area contributed by atoms with E-state index in [9.17, 15) is 4.79 Å². The van der Waals surface area contributed by atoms with E-state index in [2.05, 4.69) is 21.8 Å². The number of aromatic nitrogens is 1. The molecule has 0 unspecified atom stereocenters. The molecule has 4 heteroatoms. The minimum absolute atomic E-state index is 0.131. The van der Waals surface area contributed by atoms with Gasteiger partial charge < -0.3 is 4.90 Å². The van der Waals surface area contributed by atoms with Crippen molar-refractivity contribution in [3.63, 3.8) is 0 Å². The lowest BCUT2D eigenvalue weighted by Crippen LogP contribution is -2.37. The summed E-state index contributed by atoms with van der Waals surface area (Å²) in [6, 6.07) is 5.77. The van der Waals surface area contributed by atoms with E-state index < -0.39 is 0 Å². The Bertz CT molecular complexity index is 531. The Morgan fingerprint density at radius 1 is 1.21 bits per heavy atom. The van der Waals surface area contributed by atoms with Gasteiger partial charge in [-0.05, 0) is 53.3 Å². The zero-order chi connectivity index (χ0) is 13.1. The summed E-state index contributed by atoms with van der Waals surface area (Å²) in [7, 11) is 0. The van der Waals surface area contributed by atoms with Crippen LogP contribution in [-0.4, -0.2) is 28.9 Å². The second-order valence-corrected chi connectivity index (χ2v) is 5.64. The van der Waals surface area contributed by atoms with Crippen LogP contribution in [0.25, 0.3) is 0 Å². The topological polar surface area (TPSA) is 33.2 Å². The highest BCUT2D eigenvalue weighted by molar-refractivity contribution is 7.07. The summed E-state index contributed by atoms with van der Waals surface area (Å²) >= 11 is 1.75. The number of likely N-dealkylation sites (tertiary alicyclic amines) is 1. The van der Waals surface area contributed by atoms with Gasteiger partial charge in [0.1, 0.15) is 0 Å². The van der Waals surface area contributed by atoms with Crippen LogP contribution in [0.15, 0.2) is 41.4 Å². The van der Waals surface area contributed by atoms with Gasteiger partial charge in [0.15, 0.2) is 0 Å². The molecule has 1 aliphatic rings. The van der Waals surface area contributed by atoms with Crippen LogP contribution in [0, 0.1) is 0 Å². The third kappa shape index (κ3) is 2.68. The fraction of sp³-hybridized carbons (Fsp3) is 0.333. The Kier molecular flexibility index (Phi) is 3.60. The first-order chi connectivity index (χ1) is 9.34. The summed E-state index contributed by atoms with van der Waals surface area (Å²) in [6.07, 6.45) is 5.47. The Balaban J connectivity index is 1.63. The SMILES string of the molecule is O=C(c1ccncc1)N1CCC(c2ccsc2)CC1. The van der Waals surface area contributed by atoms with Crippen LogP contribution in [0.1, 0.15) is 34.7 Å². The third-order valence-electron chi connectivity index (χ3n) is 3.72. The van der Waals surface area contributed by atoms with Gasteiger partial charge >= 0.3 is 0 Å². The van der Waals surface area contributed by atoms with Crippen molar-refractivity contribution < 1.29 is 4.79 Å². The lowest BCUT2D eigenvalue weighted by atomic mass is 9.91. The van der Waals surface area contributed by atoms with Crippen molar-refractivity contribution in [2.24, 2.45) is 0 Å². The average Bonchev–Trinajstić information content (AvgIpc) is 3.02. The zero-order valence-corrected chi connectivity index (χ0v) is 11.5. The summed E-state index contributed by atoms with van der Waals surface area (Å²) in [5.41, 5.74) is 2.17. The maximum atomic E-state index is 12.3. The van der Waals surface area contributed by atoms with Gasteiger partial charge in [-0.15, -0.1) is 0 Å². The van der Waals surface area contributed by atoms with Crippen molar-refractivity contribution >= 4 is 17.2 Å². The summed E-state index contributed by atoms with van der Waals surface area (Å²) in [5.74, 6) is 0.749. The number of nitrogens with zero attached hydrogens (tertiary/aromatic N) is 2. The van der Waals surface area contributed by atoms with Crippen molar-refractivity contribution in [3.8, 4) is 0 Å². The molecule has 2 aromatic heterocycles. The molecule has 19 heavy (non-hydrogen) atoms. The van der Waals surface area contributed by atoms with Gasteiger partial charge in [0.25, 0.3) is 5.91 Å². The van der Waals surface area contributed by atoms with Crippen molar-refractivity contribution in [1.29, 1.82) is 0 Å². The molecule has 3 nitrogen and oxygen atoms in total. The number of amides is 1. The Hall–Kier alpha value is -1.68. The standard InChI is InChI=1S/C15H16N2OS/c18-15(13-1-6-16-7-2-13)17-8-3-12(4-9-17)14-5-10-19-11-14/h1-2,5-7,10-12H,3-4,8-9H2. The highest BCUT2D eigenvalue weighted by Crippen LogP contribution is 2.29. The lowest BCUT2D eigenvalue weighted by Gasteiger charge is -2.31. The first kappa shape index (κ1) is 12.4. The number of pyridine rings is 1. The first-order valence-electron chi connectivity index (χ1n) is 6.56. The molecule has 3 rings (SSSR count). The van der Waals surface area contributed by atoms with E-state index in [0.717, 1.165) is 31.5 Å². The van der Waals surface area contributed by atoms with Gasteiger partial charge in [0.2, 0.25) is 0 Å². The second kappa shape index (κ2) is 5.53. The molecule has 0 spiro atoms. The molecule has 0 atom stereocenters. The van der Waals surface area contributed by atoms with Crippen LogP contribution < -0.4 is 0 Å². The van der Waals surface area contributed by atoms with E-state index in [0.29, 0.717) is 5.92 Å². The van der Waals surface area contributed by atoms with Crippen LogP contribution in [0.5, 0.6) is 0 Å². The molecule has 0 bridgehead atoms. The highest BCUT2D eigenvalue weighted by Gasteiger charge is 2.24. The van der Waals surface area contributed by atoms with Gasteiger partial charge in [0.05, 0.1) is 0 Å². The van der Waals surface area contributed by atoms with E-state index in [1.54, 1.807) is 35.9 Å². The third-order valence-corrected chi connectivity index (χ3v) is 4.43. The number of carbonyl (C=O) groups excluding carboxylic acids is 1. The quantitative estimate of drug-likeness (QED) is 0.841. The number of hydrogen-bond donors (Lipinski definition) is 0. The molecule has 2 aromatic rings. The van der Waals surface area contributed by atoms with E-state index in [-0.39, 0.29) is 5.91 Å². The number of carbonyl (C=O) groups is 1. The minimum Gasteiger partial charge on any atom is -0.339 e. The molecular formula is C15H16N2OS. The minimum atomic E-state index is 0.131. The Labute approximate surface area is 116 Å². The van der Waals surface area contributed by atoms with Crippen molar-refractivity contribution in [3.05, 3.63) is 52.5 Å². The van der Waals surface area contributed by atoms with E-state index in [4.69, 9.17) is 0 Å². The van der Waals surface area contributed by atoms with Gasteiger partial charge in [0, 0.05) is 31.0 Å². The van der Waals surface area contributed by atoms with Gasteiger partial charge in [-0.1, -0.05) is 0 Å². The van der Waals surface area contributed by atoms with Crippen LogP contribution in [0.2, 0.25) is 0 Å². The molecule has 98 valence electrons. The molecule has 1 aliphatic heterocycles. The van der Waals surface area contributed by atoms with Crippen molar-refractivity contribution in [1.82, 2.24) is 9.88 Å². The summed E-state index contributed by atoms with van der Waals surface area (Å²) in [6.45, 7) is 1.70. The molecule has 1 saturated heterocycles. The maximum Gasteiger partial charge on any atom is 0.253 e. The van der Waals surface area contributed by atoms with E-state index in [1.165, 1.54) is 5.56 Å². The van der Waals surface area contributed by atoms with Gasteiger partial charge in [-0.2, -0.15) is 11.3 Å². The van der Waals surface area contributed by atoms with Crippen LogP contribution in [0.3, 0.4) is 0 Å². The molecule has 0 aromatic carbocycles. The van der Waals surface area contributed by atoms with Crippen LogP contribution in [-0.2, 0) is 0 Å². The zero-order valence-electron chi connectivity index (χ0n) is 10.7. The van der Waals surface area contributed by atoms with Crippen molar-refractivity contribution in [2.75, 3.05) is 13.1 Å². The highest BCUT2D eigenvalue weighted by atomic mass is 32.1. The number of piperidine rings is 1. The van der Waals surface area contributed by atoms with Crippen molar-refractivity contribution in [2.45, 2.75) is 18.8 Å². The monoisotopic (exact) mass is 272 g/mol. The van der Waals surface area contributed by atoms with Gasteiger partial charge in [-0.25, -0.2) is 0 Å². The Morgan fingerprint density at radius 2 is 1.95 bits per heavy atom. The molecule has 1 amide bonds. The summed E-state index contributed by atoms with van der Waals surface area (Å²) in [5, 5.41) is 4.36. The molecular weight excluding hydrogens is 256 g/mol. The average molecular weight is 272 g/mol. The van der Waals surface area contributed by atoms with E-state index in [1.807, 2.05) is 4.90 Å². The fourth-order valence-corrected chi connectivity index (χ4v) is 3.34. The number of hydrogen-bond acceptors (Lipinski definition) is 3. The summed E-state index contributed by atoms with van der Waals surface area (Å²) < 4.78 is 0. The predicted octanol–water partition coefficient (Wildman–Crippen LogP) is 3.16. The number of rotatable bonds is 2. The van der Waals surface area contributed by atoms with Crippen LogP contribution in [0.4, 0.5) is 0 Å². The fourth-order valence-electron chi connectivity index (χ4n) is 2.60. The molecule has 1 fully saturated rings. The second-order valence-electron chi connectivity index (χ2n) is 4.86.